The van der Waals surface area contributed by atoms with Crippen LogP contribution < -0.4 is 4.74 Å². The fraction of sp³-hybridized carbons (Fsp3) is 0.318. The Hall–Kier alpha value is -2.57. The summed E-state index contributed by atoms with van der Waals surface area (Å²) in [6.07, 6.45) is 0.0951. The Morgan fingerprint density at radius 3 is 2.68 bits per heavy atom. The number of thioether (sulfide) groups is 1. The topological polar surface area (TPSA) is 93.2 Å². The van der Waals surface area contributed by atoms with Crippen LogP contribution in [0.4, 0.5) is 0 Å². The van der Waals surface area contributed by atoms with Crippen LogP contribution >= 0.6 is 23.4 Å². The molecule has 0 fully saturated rings. The maximum Gasteiger partial charge on any atom is 0.191 e. The maximum absolute atomic E-state index is 10.3. The van der Waals surface area contributed by atoms with Gasteiger partial charge in [-0.15, -0.1) is 10.2 Å². The Labute approximate surface area is 190 Å². The summed E-state index contributed by atoms with van der Waals surface area (Å²) in [4.78, 5) is 0. The summed E-state index contributed by atoms with van der Waals surface area (Å²) in [6, 6.07) is 16.3. The van der Waals surface area contributed by atoms with Crippen molar-refractivity contribution in [2.24, 2.45) is 0 Å². The Balaban J connectivity index is 1.64. The number of halogens is 1. The quantitative estimate of drug-likeness (QED) is 0.342. The highest BCUT2D eigenvalue weighted by molar-refractivity contribution is 7.99. The molecule has 3 aromatic rings. The van der Waals surface area contributed by atoms with Crippen LogP contribution in [0.25, 0.3) is 11.4 Å². The van der Waals surface area contributed by atoms with Gasteiger partial charge < -0.3 is 19.1 Å². The van der Waals surface area contributed by atoms with E-state index in [0.29, 0.717) is 46.2 Å². The van der Waals surface area contributed by atoms with E-state index in [-0.39, 0.29) is 6.61 Å². The van der Waals surface area contributed by atoms with Gasteiger partial charge >= 0.3 is 0 Å². The predicted molar refractivity (Wildman–Crippen MR) is 120 cm³/mol. The molecule has 0 amide bonds. The number of hydrogen-bond donors (Lipinski definition) is 1. The molecule has 31 heavy (non-hydrogen) atoms. The van der Waals surface area contributed by atoms with Crippen LogP contribution in [0.3, 0.4) is 0 Å². The Morgan fingerprint density at radius 2 is 1.97 bits per heavy atom. The monoisotopic (exact) mass is 458 g/mol. The number of aliphatic hydroxyl groups excluding tert-OH is 1. The number of rotatable bonds is 11. The van der Waals surface area contributed by atoms with E-state index in [0.717, 1.165) is 12.0 Å². The first-order chi connectivity index (χ1) is 15.1. The molecule has 162 valence electrons. The number of aliphatic hydroxyl groups is 1. The third-order valence-electron chi connectivity index (χ3n) is 4.39. The molecule has 0 bridgehead atoms. The van der Waals surface area contributed by atoms with Crippen molar-refractivity contribution >= 4 is 23.4 Å². The SMILES string of the molecule is COCCCn1c(SCC(O)COc2ccc(C#N)cc2)nnc1-c1ccccc1Cl. The second-order valence-corrected chi connectivity index (χ2v) is 8.09. The minimum Gasteiger partial charge on any atom is -0.491 e. The van der Waals surface area contributed by atoms with Gasteiger partial charge in [0.1, 0.15) is 12.4 Å². The molecule has 0 radical (unpaired) electrons. The summed E-state index contributed by atoms with van der Waals surface area (Å²) in [6.45, 7) is 1.42. The van der Waals surface area contributed by atoms with Crippen LogP contribution in [-0.4, -0.2) is 52.1 Å². The number of nitriles is 1. The predicted octanol–water partition coefficient (Wildman–Crippen LogP) is 4.04. The third kappa shape index (κ3) is 6.45. The molecule has 1 aromatic heterocycles. The van der Waals surface area contributed by atoms with Crippen molar-refractivity contribution in [2.45, 2.75) is 24.2 Å². The number of hydrogen-bond acceptors (Lipinski definition) is 7. The van der Waals surface area contributed by atoms with E-state index >= 15 is 0 Å². The zero-order valence-corrected chi connectivity index (χ0v) is 18.6. The number of nitrogens with zero attached hydrogens (tertiary/aromatic N) is 4. The van der Waals surface area contributed by atoms with Crippen LogP contribution in [0.5, 0.6) is 5.75 Å². The van der Waals surface area contributed by atoms with Gasteiger partial charge in [0.2, 0.25) is 0 Å². The van der Waals surface area contributed by atoms with Gasteiger partial charge in [0.25, 0.3) is 0 Å². The standard InChI is InChI=1S/C22H23ClN4O3S/c1-29-12-4-11-27-21(19-5-2-3-6-20(19)23)25-26-22(27)31-15-17(28)14-30-18-9-7-16(13-24)8-10-18/h2-3,5-10,17,28H,4,11-12,14-15H2,1H3. The lowest BCUT2D eigenvalue weighted by molar-refractivity contribution is 0.126. The first-order valence-electron chi connectivity index (χ1n) is 9.73. The van der Waals surface area contributed by atoms with E-state index in [4.69, 9.17) is 26.3 Å². The number of methoxy groups -OCH3 is 1. The number of aromatic nitrogens is 3. The highest BCUT2D eigenvalue weighted by Crippen LogP contribution is 2.29. The largest absolute Gasteiger partial charge is 0.491 e. The zero-order chi connectivity index (χ0) is 22.1. The molecule has 1 unspecified atom stereocenters. The zero-order valence-electron chi connectivity index (χ0n) is 17.1. The Morgan fingerprint density at radius 1 is 1.19 bits per heavy atom. The van der Waals surface area contributed by atoms with E-state index in [1.807, 2.05) is 28.8 Å². The lowest BCUT2D eigenvalue weighted by Gasteiger charge is -2.13. The molecule has 0 saturated carbocycles. The van der Waals surface area contributed by atoms with E-state index in [2.05, 4.69) is 16.3 Å². The molecule has 0 aliphatic carbocycles. The molecule has 1 N–H and O–H groups in total. The first kappa shape index (κ1) is 23.1. The van der Waals surface area contributed by atoms with Gasteiger partial charge in [-0.1, -0.05) is 35.5 Å². The van der Waals surface area contributed by atoms with Gasteiger partial charge in [-0.25, -0.2) is 0 Å². The lowest BCUT2D eigenvalue weighted by atomic mass is 10.2. The van der Waals surface area contributed by atoms with Gasteiger partial charge in [-0.2, -0.15) is 5.26 Å². The van der Waals surface area contributed by atoms with E-state index in [9.17, 15) is 5.11 Å². The smallest absolute Gasteiger partial charge is 0.191 e. The van der Waals surface area contributed by atoms with Gasteiger partial charge in [0.15, 0.2) is 11.0 Å². The van der Waals surface area contributed by atoms with Crippen LogP contribution in [0.2, 0.25) is 5.02 Å². The van der Waals surface area contributed by atoms with Crippen molar-refractivity contribution in [3.8, 4) is 23.2 Å². The van der Waals surface area contributed by atoms with E-state index in [1.54, 1.807) is 31.4 Å². The summed E-state index contributed by atoms with van der Waals surface area (Å²) in [5.41, 5.74) is 1.37. The summed E-state index contributed by atoms with van der Waals surface area (Å²) in [7, 11) is 1.67. The van der Waals surface area contributed by atoms with Crippen molar-refractivity contribution in [2.75, 3.05) is 26.1 Å². The fourth-order valence-electron chi connectivity index (χ4n) is 2.84. The average Bonchev–Trinajstić information content (AvgIpc) is 3.19. The fourth-order valence-corrected chi connectivity index (χ4v) is 3.93. The molecule has 1 atom stereocenters. The van der Waals surface area contributed by atoms with Gasteiger partial charge in [-0.3, -0.25) is 0 Å². The van der Waals surface area contributed by atoms with Crippen LogP contribution in [0.15, 0.2) is 53.7 Å². The first-order valence-corrected chi connectivity index (χ1v) is 11.1. The summed E-state index contributed by atoms with van der Waals surface area (Å²) in [5.74, 6) is 1.68. The molecule has 7 nitrogen and oxygen atoms in total. The molecule has 0 saturated heterocycles. The molecule has 9 heteroatoms. The van der Waals surface area contributed by atoms with Crippen molar-refractivity contribution in [3.63, 3.8) is 0 Å². The minimum absolute atomic E-state index is 0.133. The molecule has 2 aromatic carbocycles. The van der Waals surface area contributed by atoms with Crippen molar-refractivity contribution in [3.05, 3.63) is 59.1 Å². The van der Waals surface area contributed by atoms with Gasteiger partial charge in [-0.05, 0) is 42.8 Å². The molecular formula is C22H23ClN4O3S. The second-order valence-electron chi connectivity index (χ2n) is 6.70. The Kier molecular flexibility index (Phi) is 8.74. The third-order valence-corrected chi connectivity index (χ3v) is 5.83. The molecular weight excluding hydrogens is 436 g/mol. The van der Waals surface area contributed by atoms with E-state index < -0.39 is 6.10 Å². The van der Waals surface area contributed by atoms with Gasteiger partial charge in [0.05, 0.1) is 22.8 Å². The lowest BCUT2D eigenvalue weighted by Crippen LogP contribution is -2.20. The highest BCUT2D eigenvalue weighted by atomic mass is 35.5. The summed E-state index contributed by atoms with van der Waals surface area (Å²) in [5, 5.41) is 29.2. The number of ether oxygens (including phenoxy) is 2. The molecule has 3 rings (SSSR count). The van der Waals surface area contributed by atoms with Crippen LogP contribution in [0, 0.1) is 11.3 Å². The Bertz CT molecular complexity index is 1020. The molecule has 1 heterocycles. The van der Waals surface area contributed by atoms with E-state index in [1.165, 1.54) is 11.8 Å². The average molecular weight is 459 g/mol. The van der Waals surface area contributed by atoms with Crippen molar-refractivity contribution < 1.29 is 14.6 Å². The van der Waals surface area contributed by atoms with Crippen molar-refractivity contribution in [1.29, 1.82) is 5.26 Å². The summed E-state index contributed by atoms with van der Waals surface area (Å²) >= 11 is 7.77. The summed E-state index contributed by atoms with van der Waals surface area (Å²) < 4.78 is 12.8. The minimum atomic E-state index is -0.700. The molecule has 0 aliphatic heterocycles. The van der Waals surface area contributed by atoms with Crippen LogP contribution in [-0.2, 0) is 11.3 Å². The normalized spacial score (nSPS) is 11.8. The van der Waals surface area contributed by atoms with Crippen molar-refractivity contribution in [1.82, 2.24) is 14.8 Å². The van der Waals surface area contributed by atoms with Crippen LogP contribution in [0.1, 0.15) is 12.0 Å². The van der Waals surface area contributed by atoms with Gasteiger partial charge in [0, 0.05) is 31.6 Å². The molecule has 0 aliphatic rings. The maximum atomic E-state index is 10.3. The highest BCUT2D eigenvalue weighted by Gasteiger charge is 2.17. The number of benzene rings is 2. The molecule has 0 spiro atoms. The second kappa shape index (κ2) is 11.7.